The molecule has 0 amide bonds. The van der Waals surface area contributed by atoms with Crippen LogP contribution in [0.3, 0.4) is 0 Å². The number of benzene rings is 1. The summed E-state index contributed by atoms with van der Waals surface area (Å²) >= 11 is 0. The third-order valence-corrected chi connectivity index (χ3v) is 2.77. The average molecular weight is 192 g/mol. The van der Waals surface area contributed by atoms with Crippen LogP contribution in [0.15, 0.2) is 18.2 Å². The smallest absolute Gasteiger partial charge is 0.150 e. The van der Waals surface area contributed by atoms with Crippen LogP contribution in [0.5, 0.6) is 5.75 Å². The number of hydrogen-bond acceptors (Lipinski definition) is 2. The molecule has 0 radical (unpaired) electrons. The first-order valence-corrected chi connectivity index (χ1v) is 4.80. The van der Waals surface area contributed by atoms with Crippen molar-refractivity contribution in [1.29, 1.82) is 0 Å². The van der Waals surface area contributed by atoms with Gasteiger partial charge in [0.25, 0.3) is 0 Å². The highest BCUT2D eigenvalue weighted by Gasteiger charge is 2.21. The SMILES string of the molecule is CCC(C)(C)c1ccc(C=O)cc1O. The van der Waals surface area contributed by atoms with Crippen LogP contribution in [0.4, 0.5) is 0 Å². The minimum absolute atomic E-state index is 0.0501. The number of phenols is 1. The van der Waals surface area contributed by atoms with Crippen molar-refractivity contribution in [2.75, 3.05) is 0 Å². The highest BCUT2D eigenvalue weighted by Crippen LogP contribution is 2.33. The second-order valence-electron chi connectivity index (χ2n) is 4.13. The lowest BCUT2D eigenvalue weighted by atomic mass is 9.81. The Morgan fingerprint density at radius 2 is 2.07 bits per heavy atom. The first-order chi connectivity index (χ1) is 6.51. The Balaban J connectivity index is 3.18. The van der Waals surface area contributed by atoms with Gasteiger partial charge in [-0.3, -0.25) is 4.79 Å². The molecule has 0 unspecified atom stereocenters. The Morgan fingerprint density at radius 3 is 2.50 bits per heavy atom. The molecule has 0 fully saturated rings. The van der Waals surface area contributed by atoms with Crippen LogP contribution in [0.25, 0.3) is 0 Å². The van der Waals surface area contributed by atoms with E-state index in [1.807, 2.05) is 6.07 Å². The molecular weight excluding hydrogens is 176 g/mol. The van der Waals surface area contributed by atoms with Gasteiger partial charge in [-0.05, 0) is 23.5 Å². The summed E-state index contributed by atoms with van der Waals surface area (Å²) in [5, 5.41) is 9.73. The van der Waals surface area contributed by atoms with E-state index in [4.69, 9.17) is 0 Å². The van der Waals surface area contributed by atoms with Gasteiger partial charge in [-0.25, -0.2) is 0 Å². The van der Waals surface area contributed by atoms with Gasteiger partial charge in [-0.1, -0.05) is 32.9 Å². The van der Waals surface area contributed by atoms with Crippen LogP contribution in [0, 0.1) is 0 Å². The van der Waals surface area contributed by atoms with Crippen molar-refractivity contribution in [2.45, 2.75) is 32.6 Å². The largest absolute Gasteiger partial charge is 0.508 e. The molecule has 0 bridgehead atoms. The van der Waals surface area contributed by atoms with E-state index < -0.39 is 0 Å². The fraction of sp³-hybridized carbons (Fsp3) is 0.417. The molecule has 0 aromatic heterocycles. The van der Waals surface area contributed by atoms with Gasteiger partial charge in [-0.15, -0.1) is 0 Å². The van der Waals surface area contributed by atoms with Gasteiger partial charge in [0.1, 0.15) is 12.0 Å². The molecule has 0 spiro atoms. The molecule has 0 aliphatic heterocycles. The summed E-state index contributed by atoms with van der Waals surface area (Å²) in [6.07, 6.45) is 1.68. The zero-order chi connectivity index (χ0) is 10.8. The lowest BCUT2D eigenvalue weighted by Crippen LogP contribution is -2.15. The van der Waals surface area contributed by atoms with E-state index >= 15 is 0 Å². The van der Waals surface area contributed by atoms with Gasteiger partial charge < -0.3 is 5.11 Å². The van der Waals surface area contributed by atoms with E-state index in [-0.39, 0.29) is 11.2 Å². The summed E-state index contributed by atoms with van der Waals surface area (Å²) in [4.78, 5) is 10.5. The van der Waals surface area contributed by atoms with E-state index in [1.165, 1.54) is 6.07 Å². The minimum Gasteiger partial charge on any atom is -0.508 e. The van der Waals surface area contributed by atoms with E-state index in [2.05, 4.69) is 20.8 Å². The number of phenolic OH excluding ortho intramolecular Hbond substituents is 1. The van der Waals surface area contributed by atoms with Gasteiger partial charge in [0.2, 0.25) is 0 Å². The standard InChI is InChI=1S/C12H16O2/c1-4-12(2,3)10-6-5-9(8-13)7-11(10)14/h5-8,14H,4H2,1-3H3. The summed E-state index contributed by atoms with van der Waals surface area (Å²) in [6, 6.07) is 5.07. The maximum absolute atomic E-state index is 10.5. The first kappa shape index (κ1) is 10.8. The monoisotopic (exact) mass is 192 g/mol. The van der Waals surface area contributed by atoms with Crippen molar-refractivity contribution >= 4 is 6.29 Å². The van der Waals surface area contributed by atoms with Crippen LogP contribution in [0.2, 0.25) is 0 Å². The maximum Gasteiger partial charge on any atom is 0.150 e. The lowest BCUT2D eigenvalue weighted by molar-refractivity contribution is 0.112. The van der Waals surface area contributed by atoms with Gasteiger partial charge in [0.15, 0.2) is 0 Å². The average Bonchev–Trinajstić information content (AvgIpc) is 2.17. The Kier molecular flexibility index (Phi) is 2.94. The summed E-state index contributed by atoms with van der Waals surface area (Å²) < 4.78 is 0. The lowest BCUT2D eigenvalue weighted by Gasteiger charge is -2.24. The third kappa shape index (κ3) is 1.95. The van der Waals surface area contributed by atoms with Crippen molar-refractivity contribution in [3.63, 3.8) is 0 Å². The number of rotatable bonds is 3. The highest BCUT2D eigenvalue weighted by molar-refractivity contribution is 5.76. The Bertz CT molecular complexity index is 340. The van der Waals surface area contributed by atoms with Crippen LogP contribution < -0.4 is 0 Å². The zero-order valence-corrected chi connectivity index (χ0v) is 8.87. The van der Waals surface area contributed by atoms with Crippen molar-refractivity contribution in [1.82, 2.24) is 0 Å². The quantitative estimate of drug-likeness (QED) is 0.748. The number of hydrogen-bond donors (Lipinski definition) is 1. The van der Waals surface area contributed by atoms with Crippen molar-refractivity contribution in [3.05, 3.63) is 29.3 Å². The molecular formula is C12H16O2. The van der Waals surface area contributed by atoms with E-state index in [9.17, 15) is 9.90 Å². The fourth-order valence-electron chi connectivity index (χ4n) is 1.38. The molecule has 2 heteroatoms. The topological polar surface area (TPSA) is 37.3 Å². The molecule has 1 aromatic carbocycles. The van der Waals surface area contributed by atoms with Gasteiger partial charge in [0, 0.05) is 5.56 Å². The van der Waals surface area contributed by atoms with Crippen molar-refractivity contribution in [3.8, 4) is 5.75 Å². The predicted octanol–water partition coefficient (Wildman–Crippen LogP) is 2.89. The van der Waals surface area contributed by atoms with Crippen molar-refractivity contribution < 1.29 is 9.90 Å². The van der Waals surface area contributed by atoms with Crippen LogP contribution in [-0.2, 0) is 5.41 Å². The number of carbonyl (C=O) groups excluding carboxylic acids is 1. The number of aldehydes is 1. The molecule has 2 nitrogen and oxygen atoms in total. The normalized spacial score (nSPS) is 11.4. The molecule has 0 heterocycles. The molecule has 1 aromatic rings. The molecule has 1 rings (SSSR count). The third-order valence-electron chi connectivity index (χ3n) is 2.77. The van der Waals surface area contributed by atoms with Gasteiger partial charge in [-0.2, -0.15) is 0 Å². The molecule has 0 saturated heterocycles. The first-order valence-electron chi connectivity index (χ1n) is 4.80. The van der Waals surface area contributed by atoms with Crippen LogP contribution >= 0.6 is 0 Å². The summed E-state index contributed by atoms with van der Waals surface area (Å²) in [5.41, 5.74) is 1.36. The van der Waals surface area contributed by atoms with Gasteiger partial charge >= 0.3 is 0 Å². The Labute approximate surface area is 84.6 Å². The predicted molar refractivity (Wildman–Crippen MR) is 56.8 cm³/mol. The van der Waals surface area contributed by atoms with E-state index in [0.29, 0.717) is 5.56 Å². The fourth-order valence-corrected chi connectivity index (χ4v) is 1.38. The second-order valence-corrected chi connectivity index (χ2v) is 4.13. The summed E-state index contributed by atoms with van der Waals surface area (Å²) in [7, 11) is 0. The zero-order valence-electron chi connectivity index (χ0n) is 8.87. The van der Waals surface area contributed by atoms with Crippen LogP contribution in [-0.4, -0.2) is 11.4 Å². The Morgan fingerprint density at radius 1 is 1.43 bits per heavy atom. The molecule has 14 heavy (non-hydrogen) atoms. The molecule has 0 atom stereocenters. The highest BCUT2D eigenvalue weighted by atomic mass is 16.3. The summed E-state index contributed by atoms with van der Waals surface area (Å²) in [5.74, 6) is 0.210. The van der Waals surface area contributed by atoms with Crippen molar-refractivity contribution in [2.24, 2.45) is 0 Å². The molecule has 0 aliphatic rings. The molecule has 1 N–H and O–H groups in total. The number of aromatic hydroxyl groups is 1. The Hall–Kier alpha value is -1.31. The minimum atomic E-state index is -0.0501. The maximum atomic E-state index is 10.5. The van der Waals surface area contributed by atoms with E-state index in [1.54, 1.807) is 6.07 Å². The number of carbonyl (C=O) groups is 1. The van der Waals surface area contributed by atoms with Gasteiger partial charge in [0.05, 0.1) is 0 Å². The molecule has 0 saturated carbocycles. The van der Waals surface area contributed by atoms with Crippen LogP contribution in [0.1, 0.15) is 43.1 Å². The second kappa shape index (κ2) is 3.82. The van der Waals surface area contributed by atoms with E-state index in [0.717, 1.165) is 18.3 Å². The summed E-state index contributed by atoms with van der Waals surface area (Å²) in [6.45, 7) is 6.22. The molecule has 0 aliphatic carbocycles. The molecule has 76 valence electrons.